The van der Waals surface area contributed by atoms with Gasteiger partial charge < -0.3 is 5.73 Å². The van der Waals surface area contributed by atoms with E-state index >= 15 is 0 Å². The number of fused-ring (bicyclic) bond motifs is 3. The summed E-state index contributed by atoms with van der Waals surface area (Å²) in [5.41, 5.74) is 11.9. The van der Waals surface area contributed by atoms with E-state index < -0.39 is 0 Å². The topological polar surface area (TPSA) is 38.9 Å². The van der Waals surface area contributed by atoms with Gasteiger partial charge in [0, 0.05) is 29.0 Å². The lowest BCUT2D eigenvalue weighted by Gasteiger charge is -2.01. The van der Waals surface area contributed by atoms with Crippen LogP contribution in [-0.4, -0.2) is 4.98 Å². The number of thiazole rings is 1. The van der Waals surface area contributed by atoms with Gasteiger partial charge >= 0.3 is 0 Å². The van der Waals surface area contributed by atoms with Gasteiger partial charge in [0.25, 0.3) is 0 Å². The van der Waals surface area contributed by atoms with Crippen molar-refractivity contribution in [3.63, 3.8) is 0 Å². The predicted molar refractivity (Wildman–Crippen MR) is 83.7 cm³/mol. The first kappa shape index (κ1) is 11.8. The molecular weight excluding hydrogens is 264 g/mol. The molecule has 3 heteroatoms. The van der Waals surface area contributed by atoms with Crippen LogP contribution in [0.4, 0.5) is 0 Å². The highest BCUT2D eigenvalue weighted by atomic mass is 32.1. The van der Waals surface area contributed by atoms with Crippen LogP contribution in [0.5, 0.6) is 0 Å². The van der Waals surface area contributed by atoms with Crippen molar-refractivity contribution in [3.05, 3.63) is 64.5 Å². The Morgan fingerprint density at radius 1 is 1.10 bits per heavy atom. The average Bonchev–Trinajstić information content (AvgIpc) is 3.05. The molecule has 0 bridgehead atoms. The quantitative estimate of drug-likeness (QED) is 0.605. The first-order valence-electron chi connectivity index (χ1n) is 6.72. The molecule has 2 nitrogen and oxygen atoms in total. The minimum absolute atomic E-state index is 0.571. The van der Waals surface area contributed by atoms with Crippen LogP contribution < -0.4 is 5.73 Å². The molecule has 1 heterocycles. The number of aromatic nitrogens is 1. The van der Waals surface area contributed by atoms with Crippen LogP contribution in [0.3, 0.4) is 0 Å². The maximum absolute atomic E-state index is 5.72. The second kappa shape index (κ2) is 4.54. The van der Waals surface area contributed by atoms with E-state index in [0.29, 0.717) is 6.54 Å². The molecule has 2 aromatic carbocycles. The van der Waals surface area contributed by atoms with E-state index in [-0.39, 0.29) is 0 Å². The van der Waals surface area contributed by atoms with Crippen molar-refractivity contribution in [1.82, 2.24) is 4.98 Å². The van der Waals surface area contributed by atoms with Gasteiger partial charge in [-0.2, -0.15) is 0 Å². The van der Waals surface area contributed by atoms with E-state index in [1.165, 1.54) is 27.3 Å². The molecule has 3 aromatic rings. The first-order valence-corrected chi connectivity index (χ1v) is 7.54. The molecule has 20 heavy (non-hydrogen) atoms. The monoisotopic (exact) mass is 278 g/mol. The van der Waals surface area contributed by atoms with E-state index in [0.717, 1.165) is 17.0 Å². The molecular formula is C17H14N2S. The number of hydrogen-bond donors (Lipinski definition) is 1. The largest absolute Gasteiger partial charge is 0.326 e. The highest BCUT2D eigenvalue weighted by Crippen LogP contribution is 2.41. The summed E-state index contributed by atoms with van der Waals surface area (Å²) in [5, 5.41) is 1.10. The van der Waals surface area contributed by atoms with E-state index in [2.05, 4.69) is 48.5 Å². The fourth-order valence-electron chi connectivity index (χ4n) is 2.72. The van der Waals surface area contributed by atoms with E-state index in [9.17, 15) is 0 Å². The lowest BCUT2D eigenvalue weighted by Crippen LogP contribution is -1.95. The Morgan fingerprint density at radius 2 is 2.00 bits per heavy atom. The molecule has 1 aromatic heterocycles. The normalized spacial score (nSPS) is 12.2. The third-order valence-electron chi connectivity index (χ3n) is 3.73. The van der Waals surface area contributed by atoms with Gasteiger partial charge in [0.15, 0.2) is 0 Å². The van der Waals surface area contributed by atoms with Crippen molar-refractivity contribution < 1.29 is 0 Å². The van der Waals surface area contributed by atoms with Gasteiger partial charge in [-0.05, 0) is 17.2 Å². The van der Waals surface area contributed by atoms with E-state index in [4.69, 9.17) is 10.7 Å². The van der Waals surface area contributed by atoms with E-state index in [1.807, 2.05) is 0 Å². The average molecular weight is 278 g/mol. The Balaban J connectivity index is 1.81. The summed E-state index contributed by atoms with van der Waals surface area (Å²) in [6.45, 7) is 0.571. The molecule has 0 amide bonds. The standard InChI is InChI=1S/C17H14N2S/c18-10-11-4-3-6-13(8-11)17-19-16-14-7-2-1-5-12(14)9-15(16)20-17/h1-8H,9-10,18H2. The van der Waals surface area contributed by atoms with Gasteiger partial charge in [-0.3, -0.25) is 0 Å². The fraction of sp³-hybridized carbons (Fsp3) is 0.118. The maximum Gasteiger partial charge on any atom is 0.124 e. The Labute approximate surface area is 121 Å². The molecule has 4 rings (SSSR count). The Kier molecular flexibility index (Phi) is 2.69. The van der Waals surface area contributed by atoms with Crippen LogP contribution in [0.25, 0.3) is 21.8 Å². The van der Waals surface area contributed by atoms with Gasteiger partial charge in [0.1, 0.15) is 5.01 Å². The molecule has 0 aliphatic heterocycles. The molecule has 0 unspecified atom stereocenters. The second-order valence-electron chi connectivity index (χ2n) is 5.03. The van der Waals surface area contributed by atoms with Crippen molar-refractivity contribution in [2.75, 3.05) is 0 Å². The number of nitrogens with zero attached hydrogens (tertiary/aromatic N) is 1. The van der Waals surface area contributed by atoms with Crippen molar-refractivity contribution in [3.8, 4) is 21.8 Å². The zero-order valence-electron chi connectivity index (χ0n) is 11.0. The molecule has 2 N–H and O–H groups in total. The third-order valence-corrected chi connectivity index (χ3v) is 4.83. The van der Waals surface area contributed by atoms with Crippen molar-refractivity contribution in [2.45, 2.75) is 13.0 Å². The summed E-state index contributed by atoms with van der Waals surface area (Å²) in [4.78, 5) is 6.23. The van der Waals surface area contributed by atoms with Crippen LogP contribution in [0.2, 0.25) is 0 Å². The van der Waals surface area contributed by atoms with Gasteiger partial charge in [-0.1, -0.05) is 42.5 Å². The summed E-state index contributed by atoms with van der Waals surface area (Å²) in [6, 6.07) is 16.9. The number of hydrogen-bond acceptors (Lipinski definition) is 3. The summed E-state index contributed by atoms with van der Waals surface area (Å²) in [5.74, 6) is 0. The molecule has 98 valence electrons. The summed E-state index contributed by atoms with van der Waals surface area (Å²) >= 11 is 1.80. The molecule has 0 fully saturated rings. The predicted octanol–water partition coefficient (Wildman–Crippen LogP) is 3.84. The zero-order valence-corrected chi connectivity index (χ0v) is 11.8. The Morgan fingerprint density at radius 3 is 2.90 bits per heavy atom. The highest BCUT2D eigenvalue weighted by molar-refractivity contribution is 7.15. The van der Waals surface area contributed by atoms with Crippen LogP contribution in [-0.2, 0) is 13.0 Å². The minimum Gasteiger partial charge on any atom is -0.326 e. The summed E-state index contributed by atoms with van der Waals surface area (Å²) in [7, 11) is 0. The van der Waals surface area contributed by atoms with Crippen LogP contribution in [0.15, 0.2) is 48.5 Å². The van der Waals surface area contributed by atoms with Gasteiger partial charge in [0.2, 0.25) is 0 Å². The molecule has 0 radical (unpaired) electrons. The molecule has 1 aliphatic carbocycles. The second-order valence-corrected chi connectivity index (χ2v) is 6.11. The van der Waals surface area contributed by atoms with Crippen molar-refractivity contribution >= 4 is 11.3 Å². The van der Waals surface area contributed by atoms with Gasteiger partial charge in [0.05, 0.1) is 5.69 Å². The molecule has 0 saturated heterocycles. The molecule has 0 atom stereocenters. The SMILES string of the molecule is NCc1cccc(-c2nc3c(s2)Cc2ccccc2-3)c1. The van der Waals surface area contributed by atoms with Gasteiger partial charge in [-0.15, -0.1) is 11.3 Å². The Bertz CT molecular complexity index is 789. The van der Waals surface area contributed by atoms with Crippen LogP contribution in [0.1, 0.15) is 16.0 Å². The Hall–Kier alpha value is -1.97. The minimum atomic E-state index is 0.571. The molecule has 1 aliphatic rings. The van der Waals surface area contributed by atoms with E-state index in [1.54, 1.807) is 11.3 Å². The van der Waals surface area contributed by atoms with Crippen molar-refractivity contribution in [2.24, 2.45) is 5.73 Å². The number of benzene rings is 2. The fourth-order valence-corrected chi connectivity index (χ4v) is 3.81. The molecule has 0 spiro atoms. The van der Waals surface area contributed by atoms with Gasteiger partial charge in [-0.25, -0.2) is 4.98 Å². The van der Waals surface area contributed by atoms with Crippen LogP contribution in [0, 0.1) is 0 Å². The lowest BCUT2D eigenvalue weighted by atomic mass is 10.1. The highest BCUT2D eigenvalue weighted by Gasteiger charge is 2.23. The smallest absolute Gasteiger partial charge is 0.124 e. The summed E-state index contributed by atoms with van der Waals surface area (Å²) < 4.78 is 0. The lowest BCUT2D eigenvalue weighted by molar-refractivity contribution is 1.07. The van der Waals surface area contributed by atoms with Crippen LogP contribution >= 0.6 is 11.3 Å². The zero-order chi connectivity index (χ0) is 13.5. The first-order chi connectivity index (χ1) is 9.85. The van der Waals surface area contributed by atoms with Crippen molar-refractivity contribution in [1.29, 1.82) is 0 Å². The number of rotatable bonds is 2. The molecule has 0 saturated carbocycles. The maximum atomic E-state index is 5.72. The number of nitrogens with two attached hydrogens (primary N) is 1. The third kappa shape index (κ3) is 1.79. The summed E-state index contributed by atoms with van der Waals surface area (Å²) in [6.07, 6.45) is 1.01.